The van der Waals surface area contributed by atoms with Crippen molar-refractivity contribution in [3.05, 3.63) is 70.6 Å². The lowest BCUT2D eigenvalue weighted by Crippen LogP contribution is -2.49. The first-order valence-corrected chi connectivity index (χ1v) is 16.3. The van der Waals surface area contributed by atoms with E-state index >= 15 is 4.39 Å². The SMILES string of the molecule is CCOc1c(CC(N)=O)cc([C@@](O)(CNC(=O)c2cc(OC)c3nn(C4CC4)cc3c2)C2(F)CC2)nc1-c1csc2c(F)cccc12. The number of rotatable bonds is 12. The van der Waals surface area contributed by atoms with E-state index in [9.17, 15) is 19.1 Å². The molecule has 2 aromatic carbocycles. The number of carbonyl (C=O) groups is 2. The average Bonchev–Trinajstić information content (AvgIpc) is 3.95. The van der Waals surface area contributed by atoms with Gasteiger partial charge < -0.3 is 25.6 Å². The number of hydrogen-bond acceptors (Lipinski definition) is 8. The Balaban J connectivity index is 1.29. The second-order valence-electron chi connectivity index (χ2n) is 12.2. The van der Waals surface area contributed by atoms with Crippen molar-refractivity contribution in [1.82, 2.24) is 20.1 Å². The van der Waals surface area contributed by atoms with Crippen LogP contribution in [-0.4, -0.2) is 57.6 Å². The number of aromatic nitrogens is 3. The fourth-order valence-electron chi connectivity index (χ4n) is 6.06. The summed E-state index contributed by atoms with van der Waals surface area (Å²) in [6.45, 7) is 1.43. The van der Waals surface area contributed by atoms with E-state index < -0.39 is 35.4 Å². The zero-order valence-electron chi connectivity index (χ0n) is 25.8. The molecule has 2 aliphatic carbocycles. The van der Waals surface area contributed by atoms with Gasteiger partial charge >= 0.3 is 0 Å². The topological polar surface area (TPSA) is 142 Å². The van der Waals surface area contributed by atoms with Crippen LogP contribution in [0.2, 0.25) is 0 Å². The summed E-state index contributed by atoms with van der Waals surface area (Å²) in [5.74, 6) is -1.02. The van der Waals surface area contributed by atoms with Gasteiger partial charge in [-0.15, -0.1) is 11.3 Å². The van der Waals surface area contributed by atoms with Gasteiger partial charge in [0.1, 0.15) is 34.2 Å². The number of amides is 2. The quantitative estimate of drug-likeness (QED) is 0.164. The Labute approximate surface area is 272 Å². The van der Waals surface area contributed by atoms with Crippen LogP contribution in [0, 0.1) is 5.82 Å². The van der Waals surface area contributed by atoms with Crippen LogP contribution in [-0.2, 0) is 16.8 Å². The van der Waals surface area contributed by atoms with Gasteiger partial charge in [0, 0.05) is 39.0 Å². The molecule has 5 aromatic rings. The van der Waals surface area contributed by atoms with Crippen LogP contribution in [0.1, 0.15) is 60.3 Å². The summed E-state index contributed by atoms with van der Waals surface area (Å²) >= 11 is 1.16. The highest BCUT2D eigenvalue weighted by atomic mass is 32.1. The number of fused-ring (bicyclic) bond motifs is 2. The smallest absolute Gasteiger partial charge is 0.251 e. The predicted octanol–water partition coefficient (Wildman–Crippen LogP) is 5.34. The molecule has 3 aromatic heterocycles. The highest BCUT2D eigenvalue weighted by Gasteiger charge is 2.62. The van der Waals surface area contributed by atoms with Crippen LogP contribution in [0.5, 0.6) is 11.5 Å². The zero-order chi connectivity index (χ0) is 33.1. The molecule has 244 valence electrons. The maximum Gasteiger partial charge on any atom is 0.251 e. The number of primary amides is 1. The first-order chi connectivity index (χ1) is 22.5. The highest BCUT2D eigenvalue weighted by Crippen LogP contribution is 2.54. The van der Waals surface area contributed by atoms with E-state index in [1.807, 2.05) is 10.9 Å². The van der Waals surface area contributed by atoms with E-state index in [1.165, 1.54) is 19.2 Å². The number of pyridine rings is 1. The van der Waals surface area contributed by atoms with Crippen molar-refractivity contribution in [2.24, 2.45) is 5.73 Å². The molecule has 3 heterocycles. The van der Waals surface area contributed by atoms with E-state index in [0.29, 0.717) is 38.3 Å². The number of methoxy groups -OCH3 is 1. The molecular formula is C34H33F2N5O5S. The maximum absolute atomic E-state index is 16.3. The number of carbonyl (C=O) groups excluding carboxylic acids is 2. The second-order valence-corrected chi connectivity index (χ2v) is 13.0. The van der Waals surface area contributed by atoms with Crippen LogP contribution in [0.25, 0.3) is 32.2 Å². The molecule has 0 aliphatic heterocycles. The first-order valence-electron chi connectivity index (χ1n) is 15.4. The van der Waals surface area contributed by atoms with Crippen molar-refractivity contribution in [2.75, 3.05) is 20.3 Å². The van der Waals surface area contributed by atoms with Gasteiger partial charge in [0.2, 0.25) is 5.91 Å². The van der Waals surface area contributed by atoms with E-state index in [-0.39, 0.29) is 54.1 Å². The summed E-state index contributed by atoms with van der Waals surface area (Å²) in [6.07, 6.45) is 3.71. The fourth-order valence-corrected chi connectivity index (χ4v) is 7.02. The minimum absolute atomic E-state index is 0.0292. The zero-order valence-corrected chi connectivity index (χ0v) is 26.6. The third-order valence-electron chi connectivity index (χ3n) is 8.86. The Kier molecular flexibility index (Phi) is 7.63. The molecule has 7 rings (SSSR count). The number of benzene rings is 2. The molecule has 2 saturated carbocycles. The number of aliphatic hydroxyl groups is 1. The second kappa shape index (κ2) is 11.6. The fraction of sp³-hybridized carbons (Fsp3) is 0.353. The van der Waals surface area contributed by atoms with E-state index in [1.54, 1.807) is 36.6 Å². The monoisotopic (exact) mass is 661 g/mol. The Morgan fingerprint density at radius 2 is 2.04 bits per heavy atom. The maximum atomic E-state index is 16.3. The Morgan fingerprint density at radius 1 is 1.26 bits per heavy atom. The molecule has 0 unspecified atom stereocenters. The van der Waals surface area contributed by atoms with Crippen LogP contribution < -0.4 is 20.5 Å². The van der Waals surface area contributed by atoms with Crippen LogP contribution in [0.3, 0.4) is 0 Å². The summed E-state index contributed by atoms with van der Waals surface area (Å²) < 4.78 is 44.7. The lowest BCUT2D eigenvalue weighted by Gasteiger charge is -2.32. The van der Waals surface area contributed by atoms with Gasteiger partial charge in [-0.25, -0.2) is 13.8 Å². The van der Waals surface area contributed by atoms with Crippen LogP contribution in [0.15, 0.2) is 48.0 Å². The third-order valence-corrected chi connectivity index (χ3v) is 9.87. The van der Waals surface area contributed by atoms with Gasteiger partial charge in [-0.2, -0.15) is 5.10 Å². The Hall–Kier alpha value is -4.62. The molecule has 2 aliphatic rings. The molecule has 0 spiro atoms. The van der Waals surface area contributed by atoms with Crippen molar-refractivity contribution >= 4 is 44.1 Å². The number of thiophene rings is 1. The standard InChI is InChI=1S/C34H33F2N5O5S/c1-3-46-30-18(14-27(37)42)13-26(39-29(30)23-16-47-31-22(23)5-4-6-24(31)35)34(44,33(36)9-10-33)17-38-32(43)19-11-20-15-41(21-7-8-21)40-28(20)25(12-19)45-2/h4-6,11-13,15-16,21,44H,3,7-10,14,17H2,1-2H3,(H2,37,42)(H,38,43)/t34-/m0/s1. The largest absolute Gasteiger partial charge is 0.494 e. The van der Waals surface area contributed by atoms with Gasteiger partial charge in [0.25, 0.3) is 5.91 Å². The van der Waals surface area contributed by atoms with Crippen LogP contribution >= 0.6 is 11.3 Å². The van der Waals surface area contributed by atoms with Crippen molar-refractivity contribution in [3.63, 3.8) is 0 Å². The lowest BCUT2D eigenvalue weighted by atomic mass is 9.88. The number of nitrogens with two attached hydrogens (primary N) is 1. The summed E-state index contributed by atoms with van der Waals surface area (Å²) in [7, 11) is 1.50. The van der Waals surface area contributed by atoms with Crippen LogP contribution in [0.4, 0.5) is 8.78 Å². The van der Waals surface area contributed by atoms with Gasteiger partial charge in [-0.05, 0) is 56.9 Å². The number of halogens is 2. The van der Waals surface area contributed by atoms with Crippen molar-refractivity contribution in [1.29, 1.82) is 0 Å². The van der Waals surface area contributed by atoms with Gasteiger partial charge in [-0.1, -0.05) is 12.1 Å². The molecule has 0 saturated heterocycles. The van der Waals surface area contributed by atoms with E-state index in [2.05, 4.69) is 10.4 Å². The number of hydrogen-bond donors (Lipinski definition) is 3. The number of nitrogens with zero attached hydrogens (tertiary/aromatic N) is 3. The van der Waals surface area contributed by atoms with Gasteiger partial charge in [-0.3, -0.25) is 14.3 Å². The Bertz CT molecular complexity index is 2050. The van der Waals surface area contributed by atoms with Crippen molar-refractivity contribution in [2.45, 2.75) is 56.3 Å². The van der Waals surface area contributed by atoms with Crippen molar-refractivity contribution < 1.29 is 33.0 Å². The molecule has 4 N–H and O–H groups in total. The molecule has 2 amide bonds. The minimum atomic E-state index is -2.29. The van der Waals surface area contributed by atoms with E-state index in [0.717, 1.165) is 24.2 Å². The molecule has 0 radical (unpaired) electrons. The summed E-state index contributed by atoms with van der Waals surface area (Å²) in [5, 5.41) is 22.5. The average molecular weight is 662 g/mol. The first kappa shape index (κ1) is 31.0. The molecule has 0 bridgehead atoms. The lowest BCUT2D eigenvalue weighted by molar-refractivity contribution is -0.117. The minimum Gasteiger partial charge on any atom is -0.494 e. The van der Waals surface area contributed by atoms with Gasteiger partial charge in [0.05, 0.1) is 43.1 Å². The van der Waals surface area contributed by atoms with Gasteiger partial charge in [0.15, 0.2) is 5.60 Å². The molecular weight excluding hydrogens is 628 g/mol. The number of nitrogens with one attached hydrogen (secondary N) is 1. The normalized spacial score (nSPS) is 16.6. The third kappa shape index (κ3) is 5.46. The highest BCUT2D eigenvalue weighted by molar-refractivity contribution is 7.17. The molecule has 2 fully saturated rings. The summed E-state index contributed by atoms with van der Waals surface area (Å²) in [4.78, 5) is 30.5. The molecule has 13 heteroatoms. The molecule has 47 heavy (non-hydrogen) atoms. The van der Waals surface area contributed by atoms with Crippen molar-refractivity contribution in [3.8, 4) is 22.8 Å². The summed E-state index contributed by atoms with van der Waals surface area (Å²) in [5.41, 5.74) is 2.93. The summed E-state index contributed by atoms with van der Waals surface area (Å²) in [6, 6.07) is 9.62. The number of ether oxygens (including phenoxy) is 2. The Morgan fingerprint density at radius 3 is 2.72 bits per heavy atom. The number of alkyl halides is 1. The molecule has 10 nitrogen and oxygen atoms in total. The van der Waals surface area contributed by atoms with E-state index in [4.69, 9.17) is 20.2 Å². The predicted molar refractivity (Wildman–Crippen MR) is 173 cm³/mol. The molecule has 1 atom stereocenters.